The van der Waals surface area contributed by atoms with Crippen molar-refractivity contribution in [3.63, 3.8) is 0 Å². The fourth-order valence-electron chi connectivity index (χ4n) is 3.39. The van der Waals surface area contributed by atoms with Gasteiger partial charge in [0.25, 0.3) is 5.56 Å². The molecule has 0 bridgehead atoms. The molecular weight excluding hydrogens is 455 g/mol. The third kappa shape index (κ3) is 4.23. The Kier molecular flexibility index (Phi) is 5.98. The smallest absolute Gasteiger partial charge is 0.325 e. The van der Waals surface area contributed by atoms with Gasteiger partial charge in [-0.1, -0.05) is 42.1 Å². The number of para-hydroxylation sites is 2. The van der Waals surface area contributed by atoms with Crippen LogP contribution in [0.2, 0.25) is 0 Å². The number of nitrogens with one attached hydrogen (secondary N) is 1. The number of amides is 1. The van der Waals surface area contributed by atoms with Crippen molar-refractivity contribution in [2.75, 3.05) is 5.32 Å². The zero-order valence-electron chi connectivity index (χ0n) is 17.3. The first kappa shape index (κ1) is 22.6. The lowest BCUT2D eigenvalue weighted by atomic mass is 10.1. The molecule has 7 nitrogen and oxygen atoms in total. The van der Waals surface area contributed by atoms with Crippen LogP contribution in [0.3, 0.4) is 0 Å². The maximum absolute atomic E-state index is 13.2. The van der Waals surface area contributed by atoms with Gasteiger partial charge in [-0.05, 0) is 31.2 Å². The minimum absolute atomic E-state index is 0.209. The third-order valence-corrected chi connectivity index (χ3v) is 5.97. The SMILES string of the molecule is C=CCn1c(=O)c2ccccc2n2c(SC(C)C(=O)Nc3ccccc3C(F)(F)F)nnc12. The molecule has 170 valence electrons. The Labute approximate surface area is 189 Å². The predicted molar refractivity (Wildman–Crippen MR) is 120 cm³/mol. The van der Waals surface area contributed by atoms with Crippen molar-refractivity contribution in [2.24, 2.45) is 0 Å². The highest BCUT2D eigenvalue weighted by molar-refractivity contribution is 8.00. The highest BCUT2D eigenvalue weighted by Gasteiger charge is 2.34. The maximum atomic E-state index is 13.2. The molecule has 0 radical (unpaired) electrons. The number of alkyl halides is 3. The molecule has 11 heteroatoms. The summed E-state index contributed by atoms with van der Waals surface area (Å²) in [4.78, 5) is 25.6. The standard InChI is InChI=1S/C22H18F3N5O2S/c1-3-12-29-19(32)14-8-4-7-11-17(14)30-20(29)27-28-21(30)33-13(2)18(31)26-16-10-6-5-9-15(16)22(23,24)25/h3-11,13H,1,12H2,2H3,(H,26,31). The van der Waals surface area contributed by atoms with E-state index < -0.39 is 22.9 Å². The van der Waals surface area contributed by atoms with Crippen LogP contribution in [-0.2, 0) is 17.5 Å². The molecule has 1 unspecified atom stereocenters. The summed E-state index contributed by atoms with van der Waals surface area (Å²) >= 11 is 1.02. The van der Waals surface area contributed by atoms with Crippen molar-refractivity contribution in [2.45, 2.75) is 30.1 Å². The molecule has 1 atom stereocenters. The fourth-order valence-corrected chi connectivity index (χ4v) is 4.24. The number of aromatic nitrogens is 4. The molecule has 0 aliphatic carbocycles. The van der Waals surface area contributed by atoms with Gasteiger partial charge in [0.2, 0.25) is 11.7 Å². The number of benzene rings is 2. The van der Waals surface area contributed by atoms with E-state index in [1.165, 1.54) is 22.8 Å². The Bertz CT molecular complexity index is 1430. The van der Waals surface area contributed by atoms with E-state index in [-0.39, 0.29) is 23.6 Å². The van der Waals surface area contributed by atoms with Crippen LogP contribution >= 0.6 is 11.8 Å². The maximum Gasteiger partial charge on any atom is 0.418 e. The lowest BCUT2D eigenvalue weighted by Crippen LogP contribution is -2.25. The second kappa shape index (κ2) is 8.74. The Morgan fingerprint density at radius 3 is 2.61 bits per heavy atom. The molecule has 1 N–H and O–H groups in total. The Morgan fingerprint density at radius 1 is 1.18 bits per heavy atom. The minimum atomic E-state index is -4.60. The second-order valence-electron chi connectivity index (χ2n) is 7.13. The van der Waals surface area contributed by atoms with Crippen LogP contribution in [0.5, 0.6) is 0 Å². The Balaban J connectivity index is 1.70. The van der Waals surface area contributed by atoms with E-state index in [2.05, 4.69) is 22.1 Å². The van der Waals surface area contributed by atoms with Gasteiger partial charge in [0.15, 0.2) is 5.16 Å². The largest absolute Gasteiger partial charge is 0.418 e. The molecule has 2 heterocycles. The number of hydrogen-bond acceptors (Lipinski definition) is 5. The van der Waals surface area contributed by atoms with Gasteiger partial charge in [-0.25, -0.2) is 0 Å². The van der Waals surface area contributed by atoms with Crippen LogP contribution in [-0.4, -0.2) is 30.3 Å². The molecule has 0 aliphatic rings. The third-order valence-electron chi connectivity index (χ3n) is 4.93. The van der Waals surface area contributed by atoms with Crippen molar-refractivity contribution in [1.29, 1.82) is 0 Å². The molecular formula is C22H18F3N5O2S. The van der Waals surface area contributed by atoms with Crippen molar-refractivity contribution in [1.82, 2.24) is 19.2 Å². The van der Waals surface area contributed by atoms with Crippen molar-refractivity contribution >= 4 is 40.0 Å². The zero-order chi connectivity index (χ0) is 23.8. The summed E-state index contributed by atoms with van der Waals surface area (Å²) < 4.78 is 42.8. The van der Waals surface area contributed by atoms with Gasteiger partial charge in [-0.3, -0.25) is 18.6 Å². The molecule has 1 amide bonds. The predicted octanol–water partition coefficient (Wildman–Crippen LogP) is 4.37. The number of hydrogen-bond donors (Lipinski definition) is 1. The molecule has 0 fully saturated rings. The zero-order valence-corrected chi connectivity index (χ0v) is 18.2. The first-order valence-electron chi connectivity index (χ1n) is 9.83. The van der Waals surface area contributed by atoms with E-state index in [4.69, 9.17) is 0 Å². The number of rotatable bonds is 6. The van der Waals surface area contributed by atoms with E-state index in [0.717, 1.165) is 17.8 Å². The topological polar surface area (TPSA) is 81.3 Å². The van der Waals surface area contributed by atoms with Crippen LogP contribution < -0.4 is 10.9 Å². The summed E-state index contributed by atoms with van der Waals surface area (Å²) in [5.41, 5.74) is -0.946. The Hall–Kier alpha value is -3.60. The molecule has 2 aromatic heterocycles. The van der Waals surface area contributed by atoms with Crippen molar-refractivity contribution < 1.29 is 18.0 Å². The lowest BCUT2D eigenvalue weighted by molar-refractivity contribution is -0.137. The summed E-state index contributed by atoms with van der Waals surface area (Å²) in [6, 6.07) is 11.7. The quantitative estimate of drug-likeness (QED) is 0.332. The molecule has 0 spiro atoms. The number of thioether (sulfide) groups is 1. The summed E-state index contributed by atoms with van der Waals surface area (Å²) in [5, 5.41) is 10.6. The second-order valence-corrected chi connectivity index (χ2v) is 8.44. The molecule has 0 aliphatic heterocycles. The van der Waals surface area contributed by atoms with Gasteiger partial charge in [0, 0.05) is 6.54 Å². The summed E-state index contributed by atoms with van der Waals surface area (Å²) in [5.74, 6) is -0.353. The summed E-state index contributed by atoms with van der Waals surface area (Å²) in [7, 11) is 0. The number of fused-ring (bicyclic) bond motifs is 3. The fraction of sp³-hybridized carbons (Fsp3) is 0.182. The average Bonchev–Trinajstić information content (AvgIpc) is 3.19. The molecule has 4 rings (SSSR count). The normalized spacial score (nSPS) is 12.7. The van der Waals surface area contributed by atoms with E-state index in [1.807, 2.05) is 0 Å². The number of carbonyl (C=O) groups excluding carboxylic acids is 1. The minimum Gasteiger partial charge on any atom is -0.325 e. The highest BCUT2D eigenvalue weighted by Crippen LogP contribution is 2.35. The summed E-state index contributed by atoms with van der Waals surface area (Å²) in [6.45, 7) is 5.43. The molecule has 0 saturated carbocycles. The monoisotopic (exact) mass is 473 g/mol. The van der Waals surface area contributed by atoms with Crippen molar-refractivity contribution in [3.8, 4) is 0 Å². The molecule has 33 heavy (non-hydrogen) atoms. The molecule has 0 saturated heterocycles. The van der Waals surface area contributed by atoms with Gasteiger partial charge >= 0.3 is 6.18 Å². The first-order chi connectivity index (χ1) is 15.7. The van der Waals surface area contributed by atoms with Gasteiger partial charge in [0.05, 0.1) is 27.4 Å². The Morgan fingerprint density at radius 2 is 1.88 bits per heavy atom. The van der Waals surface area contributed by atoms with Crippen LogP contribution in [0, 0.1) is 0 Å². The number of halogens is 3. The number of carbonyl (C=O) groups is 1. The first-order valence-corrected chi connectivity index (χ1v) is 10.7. The van der Waals surface area contributed by atoms with Crippen LogP contribution in [0.4, 0.5) is 18.9 Å². The number of nitrogens with zero attached hydrogens (tertiary/aromatic N) is 4. The van der Waals surface area contributed by atoms with Crippen LogP contribution in [0.25, 0.3) is 16.7 Å². The lowest BCUT2D eigenvalue weighted by Gasteiger charge is -2.16. The van der Waals surface area contributed by atoms with E-state index in [9.17, 15) is 22.8 Å². The molecule has 2 aromatic carbocycles. The average molecular weight is 473 g/mol. The van der Waals surface area contributed by atoms with E-state index in [0.29, 0.717) is 16.1 Å². The van der Waals surface area contributed by atoms with Crippen LogP contribution in [0.15, 0.2) is 71.1 Å². The van der Waals surface area contributed by atoms with Crippen LogP contribution in [0.1, 0.15) is 12.5 Å². The van der Waals surface area contributed by atoms with Crippen molar-refractivity contribution in [3.05, 3.63) is 77.1 Å². The van der Waals surface area contributed by atoms with Gasteiger partial charge < -0.3 is 5.32 Å². The highest BCUT2D eigenvalue weighted by atomic mass is 32.2. The number of allylic oxidation sites excluding steroid dienone is 1. The number of anilines is 1. The van der Waals surface area contributed by atoms with E-state index in [1.54, 1.807) is 41.7 Å². The summed E-state index contributed by atoms with van der Waals surface area (Å²) in [6.07, 6.45) is -3.04. The van der Waals surface area contributed by atoms with Gasteiger partial charge in [-0.15, -0.1) is 16.8 Å². The van der Waals surface area contributed by atoms with E-state index >= 15 is 0 Å². The van der Waals surface area contributed by atoms with Gasteiger partial charge in [0.1, 0.15) is 0 Å². The molecule has 4 aromatic rings. The van der Waals surface area contributed by atoms with Gasteiger partial charge in [-0.2, -0.15) is 13.2 Å².